The first-order valence-electron chi connectivity index (χ1n) is 14.5. The minimum atomic E-state index is -3.84. The van der Waals surface area contributed by atoms with Crippen molar-refractivity contribution in [3.63, 3.8) is 0 Å². The number of halogens is 3. The summed E-state index contributed by atoms with van der Waals surface area (Å²) in [6.07, 6.45) is 5.99. The Morgan fingerprint density at radius 1 is 1.13 bits per heavy atom. The molecule has 0 bridgehead atoms. The standard InChI is InChI=1S/C32H25ClF2N6O4/c1-16-14-44-15-27-38-26-10-18(30(42)37-21-4-6-22(7-5-21)45-32(33,34)35)8-23(29(26)41(16)27)19-9-24-25(36-12-19)11-20-13-40(39-28(20)24)31(43)17-2-3-17/h4-10,12-13,16-17H,2-3,11,14-15H2,1H3,(H,37,42)/t16-/m1/s1. The maximum absolute atomic E-state index is 13.5. The molecule has 3 aliphatic rings. The summed E-state index contributed by atoms with van der Waals surface area (Å²) in [6.45, 7) is 2.92. The number of imidazole rings is 1. The molecule has 2 aromatic carbocycles. The first-order valence-corrected chi connectivity index (χ1v) is 14.9. The van der Waals surface area contributed by atoms with Crippen LogP contribution in [0.3, 0.4) is 0 Å². The molecule has 0 spiro atoms. The number of carbonyl (C=O) groups excluding carboxylic acids is 2. The van der Waals surface area contributed by atoms with Crippen LogP contribution in [-0.4, -0.2) is 48.3 Å². The number of carbonyl (C=O) groups is 2. The highest BCUT2D eigenvalue weighted by molar-refractivity contribution is 6.20. The lowest BCUT2D eigenvalue weighted by molar-refractivity contribution is -0.0964. The Morgan fingerprint density at radius 2 is 1.93 bits per heavy atom. The van der Waals surface area contributed by atoms with Crippen molar-refractivity contribution < 1.29 is 27.8 Å². The van der Waals surface area contributed by atoms with E-state index in [9.17, 15) is 18.4 Å². The molecule has 228 valence electrons. The number of nitrogens with one attached hydrogen (secondary N) is 1. The van der Waals surface area contributed by atoms with Crippen LogP contribution in [0.25, 0.3) is 33.4 Å². The number of hydrogen-bond donors (Lipinski definition) is 1. The zero-order chi connectivity index (χ0) is 31.0. The van der Waals surface area contributed by atoms with Gasteiger partial charge >= 0.3 is 5.57 Å². The maximum Gasteiger partial charge on any atom is 0.487 e. The largest absolute Gasteiger partial charge is 0.487 e. The van der Waals surface area contributed by atoms with Crippen molar-refractivity contribution in [3.05, 3.63) is 77.5 Å². The van der Waals surface area contributed by atoms with Gasteiger partial charge in [0.2, 0.25) is 5.91 Å². The number of anilines is 1. The van der Waals surface area contributed by atoms with E-state index in [1.54, 1.807) is 18.3 Å². The number of nitrogens with zero attached hydrogens (tertiary/aromatic N) is 5. The lowest BCUT2D eigenvalue weighted by atomic mass is 9.99. The molecular weight excluding hydrogens is 606 g/mol. The Labute approximate surface area is 259 Å². The average molecular weight is 631 g/mol. The number of hydrogen-bond acceptors (Lipinski definition) is 7. The van der Waals surface area contributed by atoms with Crippen LogP contribution in [0.4, 0.5) is 14.5 Å². The molecule has 8 rings (SSSR count). The number of benzene rings is 2. The lowest BCUT2D eigenvalue weighted by Gasteiger charge is -2.23. The summed E-state index contributed by atoms with van der Waals surface area (Å²) in [5, 5.41) is 7.46. The molecule has 0 radical (unpaired) electrons. The SMILES string of the molecule is C[C@@H]1COCc2nc3cc(C(=O)Nc4ccc(OC(F)(F)Cl)cc4)cc(-c4cnc5c(c4)-c4nn(C(=O)C6CC6)cc4C5)c3n21. The van der Waals surface area contributed by atoms with Gasteiger partial charge in [0.05, 0.1) is 35.1 Å². The molecule has 4 heterocycles. The van der Waals surface area contributed by atoms with Gasteiger partial charge in [-0.25, -0.2) is 9.67 Å². The molecule has 1 aliphatic heterocycles. The van der Waals surface area contributed by atoms with Crippen molar-refractivity contribution in [1.29, 1.82) is 0 Å². The Hall–Kier alpha value is -4.68. The number of ether oxygens (including phenoxy) is 2. The zero-order valence-electron chi connectivity index (χ0n) is 23.9. The zero-order valence-corrected chi connectivity index (χ0v) is 24.6. The predicted molar refractivity (Wildman–Crippen MR) is 161 cm³/mol. The van der Waals surface area contributed by atoms with Gasteiger partial charge in [0.1, 0.15) is 18.2 Å². The van der Waals surface area contributed by atoms with E-state index in [0.717, 1.165) is 57.8 Å². The fourth-order valence-electron chi connectivity index (χ4n) is 6.11. The summed E-state index contributed by atoms with van der Waals surface area (Å²) in [5.74, 6) is 0.264. The topological polar surface area (TPSA) is 113 Å². The van der Waals surface area contributed by atoms with Gasteiger partial charge < -0.3 is 19.4 Å². The van der Waals surface area contributed by atoms with Crippen LogP contribution in [-0.2, 0) is 17.8 Å². The summed E-state index contributed by atoms with van der Waals surface area (Å²) in [6, 6.07) is 11.0. The van der Waals surface area contributed by atoms with Gasteiger partial charge in [-0.3, -0.25) is 14.6 Å². The van der Waals surface area contributed by atoms with Crippen molar-refractivity contribution in [2.24, 2.45) is 5.92 Å². The molecule has 45 heavy (non-hydrogen) atoms. The summed E-state index contributed by atoms with van der Waals surface area (Å²) in [5.41, 5.74) is 3.33. The van der Waals surface area contributed by atoms with Crippen LogP contribution in [0.5, 0.6) is 5.75 Å². The quantitative estimate of drug-likeness (QED) is 0.211. The van der Waals surface area contributed by atoms with Crippen LogP contribution >= 0.6 is 11.6 Å². The minimum absolute atomic E-state index is 0.0106. The molecular formula is C32H25ClF2N6O4. The van der Waals surface area contributed by atoms with Crippen LogP contribution in [0.2, 0.25) is 0 Å². The monoisotopic (exact) mass is 630 g/mol. The number of rotatable bonds is 6. The molecule has 2 aliphatic carbocycles. The van der Waals surface area contributed by atoms with E-state index in [2.05, 4.69) is 26.6 Å². The van der Waals surface area contributed by atoms with Crippen LogP contribution in [0.1, 0.15) is 58.0 Å². The molecule has 1 atom stereocenters. The third kappa shape index (κ3) is 5.03. The third-order valence-corrected chi connectivity index (χ3v) is 8.41. The Kier molecular flexibility index (Phi) is 6.30. The highest BCUT2D eigenvalue weighted by atomic mass is 35.5. The highest BCUT2D eigenvalue weighted by Gasteiger charge is 2.34. The van der Waals surface area contributed by atoms with E-state index in [-0.39, 0.29) is 23.6 Å². The Balaban J connectivity index is 1.19. The smallest absolute Gasteiger partial charge is 0.420 e. The van der Waals surface area contributed by atoms with Crippen molar-refractivity contribution >= 4 is 40.1 Å². The van der Waals surface area contributed by atoms with Gasteiger partial charge in [-0.2, -0.15) is 5.10 Å². The molecule has 1 N–H and O–H groups in total. The Morgan fingerprint density at radius 3 is 2.69 bits per heavy atom. The van der Waals surface area contributed by atoms with E-state index in [1.807, 2.05) is 12.3 Å². The van der Waals surface area contributed by atoms with Gasteiger partial charge in [-0.05, 0) is 62.2 Å². The highest BCUT2D eigenvalue weighted by Crippen LogP contribution is 2.41. The van der Waals surface area contributed by atoms with Gasteiger partial charge in [0, 0.05) is 69.8 Å². The summed E-state index contributed by atoms with van der Waals surface area (Å²) < 4.78 is 39.7. The van der Waals surface area contributed by atoms with E-state index in [0.29, 0.717) is 36.4 Å². The molecule has 3 aromatic heterocycles. The summed E-state index contributed by atoms with van der Waals surface area (Å²) in [7, 11) is 0. The van der Waals surface area contributed by atoms with Gasteiger partial charge in [-0.15, -0.1) is 8.78 Å². The normalized spacial score (nSPS) is 17.1. The number of pyridine rings is 1. The number of alkyl halides is 3. The van der Waals surface area contributed by atoms with Crippen molar-refractivity contribution in [2.45, 2.75) is 44.4 Å². The maximum atomic E-state index is 13.5. The average Bonchev–Trinajstić information content (AvgIpc) is 3.52. The predicted octanol–water partition coefficient (Wildman–Crippen LogP) is 6.43. The van der Waals surface area contributed by atoms with Crippen molar-refractivity contribution in [2.75, 3.05) is 11.9 Å². The van der Waals surface area contributed by atoms with Crippen LogP contribution in [0.15, 0.2) is 54.9 Å². The first-order chi connectivity index (χ1) is 21.6. The van der Waals surface area contributed by atoms with E-state index < -0.39 is 11.5 Å². The molecule has 0 unspecified atom stereocenters. The van der Waals surface area contributed by atoms with Gasteiger partial charge in [-0.1, -0.05) is 0 Å². The van der Waals surface area contributed by atoms with Crippen molar-refractivity contribution in [3.8, 4) is 28.1 Å². The molecule has 13 heteroatoms. The summed E-state index contributed by atoms with van der Waals surface area (Å²) >= 11 is 4.85. The Bertz CT molecular complexity index is 2030. The molecule has 1 saturated carbocycles. The van der Waals surface area contributed by atoms with Crippen LogP contribution < -0.4 is 10.1 Å². The fourth-order valence-corrected chi connectivity index (χ4v) is 6.20. The fraction of sp³-hybridized carbons (Fsp3) is 0.281. The third-order valence-electron chi connectivity index (χ3n) is 8.33. The number of fused-ring (bicyclic) bond motifs is 6. The number of amides is 1. The lowest BCUT2D eigenvalue weighted by Crippen LogP contribution is -2.21. The van der Waals surface area contributed by atoms with E-state index >= 15 is 0 Å². The molecule has 1 amide bonds. The molecule has 5 aromatic rings. The molecule has 0 saturated heterocycles. The second-order valence-electron chi connectivity index (χ2n) is 11.6. The number of aromatic nitrogens is 5. The first kappa shape index (κ1) is 27.8. The second kappa shape index (κ2) is 10.2. The van der Waals surface area contributed by atoms with Crippen molar-refractivity contribution in [1.82, 2.24) is 24.3 Å². The summed E-state index contributed by atoms with van der Waals surface area (Å²) in [4.78, 5) is 35.8. The minimum Gasteiger partial charge on any atom is -0.420 e. The van der Waals surface area contributed by atoms with Gasteiger partial charge in [0.25, 0.3) is 5.91 Å². The van der Waals surface area contributed by atoms with Crippen LogP contribution in [0, 0.1) is 5.92 Å². The van der Waals surface area contributed by atoms with Gasteiger partial charge in [0.15, 0.2) is 0 Å². The second-order valence-corrected chi connectivity index (χ2v) is 12.1. The molecule has 10 nitrogen and oxygen atoms in total. The van der Waals surface area contributed by atoms with E-state index in [4.69, 9.17) is 26.3 Å². The van der Waals surface area contributed by atoms with E-state index in [1.165, 1.54) is 28.9 Å². The molecule has 1 fully saturated rings.